The van der Waals surface area contributed by atoms with E-state index >= 15 is 0 Å². The SMILES string of the molecule is CCCCCCCCc1[nH]cc[n+]1C. The number of hydrogen-bond acceptors (Lipinski definition) is 0. The lowest BCUT2D eigenvalue weighted by molar-refractivity contribution is -0.677. The molecular weight excluding hydrogens is 172 g/mol. The average molecular weight is 195 g/mol. The molecule has 0 bridgehead atoms. The van der Waals surface area contributed by atoms with Gasteiger partial charge in [0.15, 0.2) is 0 Å². The quantitative estimate of drug-likeness (QED) is 0.510. The second kappa shape index (κ2) is 6.63. The molecule has 0 fully saturated rings. The number of aromatic nitrogens is 2. The predicted octanol–water partition coefficient (Wildman–Crippen LogP) is 2.74. The van der Waals surface area contributed by atoms with Crippen molar-refractivity contribution in [2.45, 2.75) is 51.9 Å². The van der Waals surface area contributed by atoms with E-state index in [1.54, 1.807) is 0 Å². The Morgan fingerprint density at radius 1 is 1.14 bits per heavy atom. The van der Waals surface area contributed by atoms with Gasteiger partial charge < -0.3 is 0 Å². The predicted molar refractivity (Wildman–Crippen MR) is 59.0 cm³/mol. The van der Waals surface area contributed by atoms with Crippen molar-refractivity contribution < 1.29 is 4.57 Å². The Labute approximate surface area is 87.4 Å². The number of H-pyrrole nitrogens is 1. The van der Waals surface area contributed by atoms with Crippen LogP contribution in [0.5, 0.6) is 0 Å². The monoisotopic (exact) mass is 195 g/mol. The van der Waals surface area contributed by atoms with Gasteiger partial charge in [0, 0.05) is 6.42 Å². The Balaban J connectivity index is 2.02. The normalized spacial score (nSPS) is 10.7. The summed E-state index contributed by atoms with van der Waals surface area (Å²) in [7, 11) is 2.10. The second-order valence-electron chi connectivity index (χ2n) is 4.04. The van der Waals surface area contributed by atoms with Crippen molar-refractivity contribution >= 4 is 0 Å². The lowest BCUT2D eigenvalue weighted by Crippen LogP contribution is -2.30. The van der Waals surface area contributed by atoms with Crippen LogP contribution >= 0.6 is 0 Å². The highest BCUT2D eigenvalue weighted by atomic mass is 15.0. The first-order valence-electron chi connectivity index (χ1n) is 5.86. The van der Waals surface area contributed by atoms with Crippen LogP contribution in [-0.2, 0) is 13.5 Å². The van der Waals surface area contributed by atoms with Crippen LogP contribution in [0, 0.1) is 0 Å². The molecule has 0 saturated heterocycles. The fourth-order valence-electron chi connectivity index (χ4n) is 1.76. The maximum absolute atomic E-state index is 3.27. The number of nitrogens with one attached hydrogen (secondary N) is 1. The van der Waals surface area contributed by atoms with Crippen LogP contribution in [0.1, 0.15) is 51.3 Å². The van der Waals surface area contributed by atoms with E-state index in [2.05, 4.69) is 29.7 Å². The van der Waals surface area contributed by atoms with Crippen LogP contribution in [0.15, 0.2) is 12.4 Å². The number of aromatic amines is 1. The molecule has 1 N–H and O–H groups in total. The molecule has 80 valence electrons. The maximum atomic E-state index is 3.27. The summed E-state index contributed by atoms with van der Waals surface area (Å²) < 4.78 is 2.17. The van der Waals surface area contributed by atoms with Gasteiger partial charge in [-0.15, -0.1) is 0 Å². The molecule has 0 aromatic carbocycles. The van der Waals surface area contributed by atoms with E-state index in [0.29, 0.717) is 0 Å². The van der Waals surface area contributed by atoms with Crippen LogP contribution < -0.4 is 4.57 Å². The van der Waals surface area contributed by atoms with Crippen LogP contribution in [0.2, 0.25) is 0 Å². The van der Waals surface area contributed by atoms with E-state index < -0.39 is 0 Å². The van der Waals surface area contributed by atoms with Gasteiger partial charge in [0.25, 0.3) is 5.82 Å². The third-order valence-corrected chi connectivity index (χ3v) is 2.74. The number of imidazole rings is 1. The molecule has 0 unspecified atom stereocenters. The fourth-order valence-corrected chi connectivity index (χ4v) is 1.76. The number of nitrogens with zero attached hydrogens (tertiary/aromatic N) is 1. The zero-order valence-electron chi connectivity index (χ0n) is 9.55. The highest BCUT2D eigenvalue weighted by molar-refractivity contribution is 4.76. The molecule has 0 aliphatic rings. The molecule has 0 aliphatic heterocycles. The van der Waals surface area contributed by atoms with Crippen molar-refractivity contribution in [3.63, 3.8) is 0 Å². The minimum atomic E-state index is 1.19. The van der Waals surface area contributed by atoms with E-state index in [0.717, 1.165) is 0 Å². The number of unbranched alkanes of at least 4 members (excludes halogenated alkanes) is 5. The summed E-state index contributed by atoms with van der Waals surface area (Å²) in [5.74, 6) is 1.35. The van der Waals surface area contributed by atoms with Gasteiger partial charge in [0.2, 0.25) is 0 Å². The van der Waals surface area contributed by atoms with Gasteiger partial charge in [-0.25, -0.2) is 9.55 Å². The summed E-state index contributed by atoms with van der Waals surface area (Å²) in [6, 6.07) is 0. The first-order chi connectivity index (χ1) is 6.84. The molecule has 0 amide bonds. The van der Waals surface area contributed by atoms with E-state index in [-0.39, 0.29) is 0 Å². The summed E-state index contributed by atoms with van der Waals surface area (Å²) in [6.07, 6.45) is 13.5. The summed E-state index contributed by atoms with van der Waals surface area (Å²) in [4.78, 5) is 3.27. The summed E-state index contributed by atoms with van der Waals surface area (Å²) in [6.45, 7) is 2.26. The molecule has 1 rings (SSSR count). The van der Waals surface area contributed by atoms with Crippen LogP contribution in [0.3, 0.4) is 0 Å². The number of aryl methyl sites for hydroxylation is 2. The lowest BCUT2D eigenvalue weighted by Gasteiger charge is -1.98. The summed E-state index contributed by atoms with van der Waals surface area (Å²) in [5.41, 5.74) is 0. The molecule has 0 spiro atoms. The van der Waals surface area contributed by atoms with Gasteiger partial charge in [-0.2, -0.15) is 0 Å². The van der Waals surface area contributed by atoms with Gasteiger partial charge >= 0.3 is 0 Å². The Bertz CT molecular complexity index is 240. The highest BCUT2D eigenvalue weighted by Gasteiger charge is 2.04. The van der Waals surface area contributed by atoms with Crippen LogP contribution in [-0.4, -0.2) is 4.98 Å². The van der Waals surface area contributed by atoms with E-state index in [4.69, 9.17) is 0 Å². The average Bonchev–Trinajstić information content (AvgIpc) is 2.58. The Kier molecular flexibility index (Phi) is 5.35. The van der Waals surface area contributed by atoms with Crippen molar-refractivity contribution in [2.24, 2.45) is 7.05 Å². The molecule has 0 saturated carbocycles. The third-order valence-electron chi connectivity index (χ3n) is 2.74. The fraction of sp³-hybridized carbons (Fsp3) is 0.750. The van der Waals surface area contributed by atoms with Gasteiger partial charge in [0.05, 0.1) is 7.05 Å². The molecule has 14 heavy (non-hydrogen) atoms. The van der Waals surface area contributed by atoms with Crippen molar-refractivity contribution in [1.82, 2.24) is 4.98 Å². The van der Waals surface area contributed by atoms with Gasteiger partial charge in [-0.05, 0) is 6.42 Å². The smallest absolute Gasteiger partial charge is 0.248 e. The van der Waals surface area contributed by atoms with Crippen molar-refractivity contribution in [1.29, 1.82) is 0 Å². The largest absolute Gasteiger partial charge is 0.253 e. The van der Waals surface area contributed by atoms with E-state index in [1.165, 1.54) is 50.8 Å². The number of hydrogen-bond donors (Lipinski definition) is 1. The standard InChI is InChI=1S/C12H22N2/c1-3-4-5-6-7-8-9-12-13-10-11-14(12)2/h10-11H,3-9H2,1-2H3/p+1. The molecule has 1 aromatic rings. The maximum Gasteiger partial charge on any atom is 0.253 e. The van der Waals surface area contributed by atoms with Crippen LogP contribution in [0.25, 0.3) is 0 Å². The van der Waals surface area contributed by atoms with E-state index in [1.807, 2.05) is 6.20 Å². The second-order valence-corrected chi connectivity index (χ2v) is 4.04. The zero-order valence-corrected chi connectivity index (χ0v) is 9.55. The third kappa shape index (κ3) is 3.95. The van der Waals surface area contributed by atoms with Crippen molar-refractivity contribution in [3.05, 3.63) is 18.2 Å². The highest BCUT2D eigenvalue weighted by Crippen LogP contribution is 2.06. The minimum absolute atomic E-state index is 1.19. The first kappa shape index (κ1) is 11.3. The molecule has 0 aliphatic carbocycles. The van der Waals surface area contributed by atoms with Crippen molar-refractivity contribution in [2.75, 3.05) is 0 Å². The molecule has 1 heterocycles. The van der Waals surface area contributed by atoms with Gasteiger partial charge in [-0.1, -0.05) is 39.0 Å². The molecule has 1 aromatic heterocycles. The molecule has 2 nitrogen and oxygen atoms in total. The van der Waals surface area contributed by atoms with Gasteiger partial charge in [0.1, 0.15) is 12.4 Å². The topological polar surface area (TPSA) is 19.7 Å². The zero-order chi connectivity index (χ0) is 10.2. The Hall–Kier alpha value is -0.790. The summed E-state index contributed by atoms with van der Waals surface area (Å²) >= 11 is 0. The van der Waals surface area contributed by atoms with E-state index in [9.17, 15) is 0 Å². The minimum Gasteiger partial charge on any atom is -0.248 e. The molecule has 0 atom stereocenters. The molecule has 0 radical (unpaired) electrons. The van der Waals surface area contributed by atoms with Crippen LogP contribution in [0.4, 0.5) is 0 Å². The summed E-state index contributed by atoms with van der Waals surface area (Å²) in [5, 5.41) is 0. The molecular formula is C12H23N2+. The molecule has 2 heteroatoms. The van der Waals surface area contributed by atoms with Gasteiger partial charge in [-0.3, -0.25) is 0 Å². The Morgan fingerprint density at radius 2 is 1.86 bits per heavy atom. The Morgan fingerprint density at radius 3 is 2.50 bits per heavy atom. The van der Waals surface area contributed by atoms with Crippen molar-refractivity contribution in [3.8, 4) is 0 Å². The lowest BCUT2D eigenvalue weighted by atomic mass is 10.1. The number of rotatable bonds is 7. The first-order valence-corrected chi connectivity index (χ1v) is 5.86.